The van der Waals surface area contributed by atoms with Crippen molar-refractivity contribution >= 4 is 22.7 Å². The minimum absolute atomic E-state index is 0.125. The molecule has 1 aromatic heterocycles. The third-order valence-corrected chi connectivity index (χ3v) is 4.16. The summed E-state index contributed by atoms with van der Waals surface area (Å²) in [5.41, 5.74) is 1.46. The fourth-order valence-electron chi connectivity index (χ4n) is 2.82. The van der Waals surface area contributed by atoms with Crippen LogP contribution >= 0.6 is 0 Å². The number of benzene rings is 2. The Hall–Kier alpha value is -3.28. The Kier molecular flexibility index (Phi) is 5.68. The first-order valence-electron chi connectivity index (χ1n) is 8.93. The quantitative estimate of drug-likeness (QED) is 0.440. The number of aryl methyl sites for hydroxylation is 1. The van der Waals surface area contributed by atoms with Crippen molar-refractivity contribution in [2.45, 2.75) is 26.9 Å². The van der Waals surface area contributed by atoms with Gasteiger partial charge in [0.05, 0.1) is 13.2 Å². The molecule has 0 saturated heterocycles. The van der Waals surface area contributed by atoms with E-state index in [4.69, 9.17) is 18.6 Å². The van der Waals surface area contributed by atoms with Crippen LogP contribution in [0.3, 0.4) is 0 Å². The van der Waals surface area contributed by atoms with E-state index in [0.29, 0.717) is 39.4 Å². The largest absolute Gasteiger partial charge is 0.497 e. The number of Topliss-reactive ketones (excluding diaryl/α,β-unsaturated/α-hetero) is 1. The Morgan fingerprint density at radius 1 is 1.04 bits per heavy atom. The predicted molar refractivity (Wildman–Crippen MR) is 104 cm³/mol. The highest BCUT2D eigenvalue weighted by molar-refractivity contribution is 6.05. The molecule has 0 atom stereocenters. The molecule has 6 nitrogen and oxygen atoms in total. The van der Waals surface area contributed by atoms with E-state index < -0.39 is 5.97 Å². The number of furan rings is 1. The molecule has 0 aliphatic heterocycles. The maximum absolute atomic E-state index is 12.4. The molecule has 0 bridgehead atoms. The Balaban J connectivity index is 1.78. The van der Waals surface area contributed by atoms with Gasteiger partial charge in [-0.25, -0.2) is 4.79 Å². The lowest BCUT2D eigenvalue weighted by Gasteiger charge is -2.08. The molecule has 0 N–H and O–H groups in total. The van der Waals surface area contributed by atoms with Crippen molar-refractivity contribution in [2.24, 2.45) is 0 Å². The number of ketones is 1. The maximum Gasteiger partial charge on any atom is 0.342 e. The summed E-state index contributed by atoms with van der Waals surface area (Å²) in [7, 11) is 1.57. The van der Waals surface area contributed by atoms with Crippen LogP contribution in [0.1, 0.15) is 40.3 Å². The van der Waals surface area contributed by atoms with Gasteiger partial charge in [-0.05, 0) is 63.2 Å². The maximum atomic E-state index is 12.4. The molecular formula is C22H22O6. The molecule has 0 amide bonds. The zero-order valence-electron chi connectivity index (χ0n) is 16.3. The fourth-order valence-corrected chi connectivity index (χ4v) is 2.82. The minimum atomic E-state index is -0.447. The standard InChI is InChI=1S/C22H22O6/c1-13(2)27-22(24)21-14(3)28-20-10-9-17(11-18(20)21)26-12-19(23)15-5-7-16(25-4)8-6-15/h5-11,13H,12H2,1-4H3. The van der Waals surface area contributed by atoms with E-state index in [1.54, 1.807) is 70.3 Å². The number of hydrogen-bond acceptors (Lipinski definition) is 6. The molecule has 28 heavy (non-hydrogen) atoms. The molecule has 3 rings (SSSR count). The van der Waals surface area contributed by atoms with Gasteiger partial charge >= 0.3 is 5.97 Å². The van der Waals surface area contributed by atoms with Crippen molar-refractivity contribution in [1.82, 2.24) is 0 Å². The molecule has 146 valence electrons. The molecule has 1 heterocycles. The van der Waals surface area contributed by atoms with Crippen molar-refractivity contribution in [1.29, 1.82) is 0 Å². The summed E-state index contributed by atoms with van der Waals surface area (Å²) in [6.45, 7) is 5.16. The lowest BCUT2D eigenvalue weighted by molar-refractivity contribution is 0.0378. The van der Waals surface area contributed by atoms with Crippen molar-refractivity contribution < 1.29 is 28.2 Å². The smallest absolute Gasteiger partial charge is 0.342 e. The molecule has 2 aromatic carbocycles. The van der Waals surface area contributed by atoms with Gasteiger partial charge in [0.1, 0.15) is 28.4 Å². The molecular weight excluding hydrogens is 360 g/mol. The monoisotopic (exact) mass is 382 g/mol. The number of methoxy groups -OCH3 is 1. The van der Waals surface area contributed by atoms with Crippen molar-refractivity contribution in [3.8, 4) is 11.5 Å². The summed E-state index contributed by atoms with van der Waals surface area (Å²) in [6.07, 6.45) is -0.238. The van der Waals surface area contributed by atoms with Crippen LogP contribution in [-0.4, -0.2) is 31.6 Å². The van der Waals surface area contributed by atoms with Crippen molar-refractivity contribution in [2.75, 3.05) is 13.7 Å². The second kappa shape index (κ2) is 8.17. The van der Waals surface area contributed by atoms with Gasteiger partial charge in [-0.2, -0.15) is 0 Å². The van der Waals surface area contributed by atoms with E-state index in [9.17, 15) is 9.59 Å². The van der Waals surface area contributed by atoms with Gasteiger partial charge in [-0.1, -0.05) is 0 Å². The third-order valence-electron chi connectivity index (χ3n) is 4.16. The summed E-state index contributed by atoms with van der Waals surface area (Å²) in [4.78, 5) is 24.7. The molecule has 6 heteroatoms. The van der Waals surface area contributed by atoms with Gasteiger partial charge in [-0.3, -0.25) is 4.79 Å². The summed E-state index contributed by atoms with van der Waals surface area (Å²) in [6, 6.07) is 11.9. The molecule has 0 fully saturated rings. The normalized spacial score (nSPS) is 10.9. The first-order chi connectivity index (χ1) is 13.4. The highest BCUT2D eigenvalue weighted by Crippen LogP contribution is 2.30. The molecule has 0 aliphatic rings. The lowest BCUT2D eigenvalue weighted by Crippen LogP contribution is -2.12. The fraction of sp³-hybridized carbons (Fsp3) is 0.273. The first kappa shape index (κ1) is 19.5. The number of rotatable bonds is 7. The summed E-state index contributed by atoms with van der Waals surface area (Å²) >= 11 is 0. The minimum Gasteiger partial charge on any atom is -0.497 e. The Bertz CT molecular complexity index is 998. The van der Waals surface area contributed by atoms with E-state index in [-0.39, 0.29) is 18.5 Å². The zero-order chi connectivity index (χ0) is 20.3. The van der Waals surface area contributed by atoms with Crippen LogP contribution in [0, 0.1) is 6.92 Å². The molecule has 0 saturated carbocycles. The second-order valence-electron chi connectivity index (χ2n) is 6.59. The topological polar surface area (TPSA) is 75.0 Å². The van der Waals surface area contributed by atoms with Gasteiger partial charge in [0, 0.05) is 10.9 Å². The average Bonchev–Trinajstić information content (AvgIpc) is 3.00. The lowest BCUT2D eigenvalue weighted by atomic mass is 10.1. The van der Waals surface area contributed by atoms with Crippen molar-refractivity contribution in [3.05, 3.63) is 59.4 Å². The van der Waals surface area contributed by atoms with Crippen LogP contribution in [0.2, 0.25) is 0 Å². The first-order valence-corrected chi connectivity index (χ1v) is 8.93. The van der Waals surface area contributed by atoms with E-state index in [1.165, 1.54) is 0 Å². The van der Waals surface area contributed by atoms with Gasteiger partial charge in [0.25, 0.3) is 0 Å². The third kappa shape index (κ3) is 4.17. The van der Waals surface area contributed by atoms with Crippen molar-refractivity contribution in [3.63, 3.8) is 0 Å². The van der Waals surface area contributed by atoms with Crippen LogP contribution in [0.4, 0.5) is 0 Å². The molecule has 3 aromatic rings. The van der Waals surface area contributed by atoms with Gasteiger partial charge in [-0.15, -0.1) is 0 Å². The Labute approximate surface area is 163 Å². The number of hydrogen-bond donors (Lipinski definition) is 0. The predicted octanol–water partition coefficient (Wildman–Crippen LogP) is 4.58. The molecule has 0 radical (unpaired) electrons. The van der Waals surface area contributed by atoms with Crippen LogP contribution < -0.4 is 9.47 Å². The van der Waals surface area contributed by atoms with Gasteiger partial charge < -0.3 is 18.6 Å². The SMILES string of the molecule is COc1ccc(C(=O)COc2ccc3oc(C)c(C(=O)OC(C)C)c3c2)cc1. The van der Waals surface area contributed by atoms with E-state index in [0.717, 1.165) is 0 Å². The summed E-state index contributed by atoms with van der Waals surface area (Å²) in [5.74, 6) is 1.02. The Morgan fingerprint density at radius 3 is 2.36 bits per heavy atom. The van der Waals surface area contributed by atoms with Crippen LogP contribution in [0.15, 0.2) is 46.9 Å². The number of fused-ring (bicyclic) bond motifs is 1. The summed E-state index contributed by atoms with van der Waals surface area (Å²) in [5, 5.41) is 0.595. The van der Waals surface area contributed by atoms with Gasteiger partial charge in [0.15, 0.2) is 12.4 Å². The van der Waals surface area contributed by atoms with E-state index in [2.05, 4.69) is 0 Å². The highest BCUT2D eigenvalue weighted by atomic mass is 16.5. The van der Waals surface area contributed by atoms with Crippen LogP contribution in [0.5, 0.6) is 11.5 Å². The number of carbonyl (C=O) groups is 2. The molecule has 0 aliphatic carbocycles. The van der Waals surface area contributed by atoms with Gasteiger partial charge in [0.2, 0.25) is 0 Å². The summed E-state index contributed by atoms with van der Waals surface area (Å²) < 4.78 is 21.7. The second-order valence-corrected chi connectivity index (χ2v) is 6.59. The van der Waals surface area contributed by atoms with Crippen LogP contribution in [-0.2, 0) is 4.74 Å². The number of ether oxygens (including phenoxy) is 3. The molecule has 0 unspecified atom stereocenters. The Morgan fingerprint density at radius 2 is 1.71 bits per heavy atom. The number of carbonyl (C=O) groups excluding carboxylic acids is 2. The van der Waals surface area contributed by atoms with Crippen LogP contribution in [0.25, 0.3) is 11.0 Å². The van der Waals surface area contributed by atoms with E-state index >= 15 is 0 Å². The highest BCUT2D eigenvalue weighted by Gasteiger charge is 2.21. The van der Waals surface area contributed by atoms with E-state index in [1.807, 2.05) is 0 Å². The zero-order valence-corrected chi connectivity index (χ0v) is 16.3. The average molecular weight is 382 g/mol. The number of esters is 1. The molecule has 0 spiro atoms.